The first-order valence-corrected chi connectivity index (χ1v) is 9.34. The minimum absolute atomic E-state index is 0.198. The van der Waals surface area contributed by atoms with E-state index in [4.69, 9.17) is 4.74 Å². The van der Waals surface area contributed by atoms with Gasteiger partial charge in [0.25, 0.3) is 0 Å². The molecule has 1 aromatic carbocycles. The number of nitrogens with zero attached hydrogens (tertiary/aromatic N) is 3. The molecule has 0 aliphatic heterocycles. The normalized spacial score (nSPS) is 11.5. The van der Waals surface area contributed by atoms with E-state index >= 15 is 0 Å². The Morgan fingerprint density at radius 3 is 2.52 bits per heavy atom. The van der Waals surface area contributed by atoms with Crippen LogP contribution in [0, 0.1) is 0 Å². The summed E-state index contributed by atoms with van der Waals surface area (Å²) in [6, 6.07) is 7.81. The van der Waals surface area contributed by atoms with Gasteiger partial charge in [-0.15, -0.1) is 0 Å². The monoisotopic (exact) mass is 381 g/mol. The van der Waals surface area contributed by atoms with E-state index in [1.165, 1.54) is 0 Å². The van der Waals surface area contributed by atoms with Gasteiger partial charge in [-0.1, -0.05) is 38.8 Å². The SMILES string of the molecule is CCCCCOc1nc(N(CC)c2cccc(CC)c2)ncc1C(F)(F)F. The molecule has 27 heavy (non-hydrogen) atoms. The highest BCUT2D eigenvalue weighted by atomic mass is 19.4. The minimum Gasteiger partial charge on any atom is -0.477 e. The van der Waals surface area contributed by atoms with E-state index in [9.17, 15) is 13.2 Å². The Kier molecular flexibility index (Phi) is 7.45. The van der Waals surface area contributed by atoms with Crippen molar-refractivity contribution in [1.29, 1.82) is 0 Å². The Labute approximate surface area is 158 Å². The Hall–Kier alpha value is -2.31. The van der Waals surface area contributed by atoms with E-state index in [0.717, 1.165) is 36.7 Å². The third-order valence-electron chi connectivity index (χ3n) is 4.22. The molecule has 1 aromatic heterocycles. The van der Waals surface area contributed by atoms with Crippen molar-refractivity contribution in [3.63, 3.8) is 0 Å². The lowest BCUT2D eigenvalue weighted by Gasteiger charge is -2.23. The van der Waals surface area contributed by atoms with Crippen LogP contribution in [0.25, 0.3) is 0 Å². The van der Waals surface area contributed by atoms with E-state index in [1.807, 2.05) is 45.0 Å². The lowest BCUT2D eigenvalue weighted by Crippen LogP contribution is -2.21. The van der Waals surface area contributed by atoms with Crippen LogP contribution < -0.4 is 9.64 Å². The van der Waals surface area contributed by atoms with Crippen LogP contribution in [-0.2, 0) is 12.6 Å². The van der Waals surface area contributed by atoms with Gasteiger partial charge in [-0.25, -0.2) is 4.98 Å². The van der Waals surface area contributed by atoms with E-state index < -0.39 is 17.6 Å². The fourth-order valence-electron chi connectivity index (χ4n) is 2.70. The van der Waals surface area contributed by atoms with Crippen molar-refractivity contribution in [2.45, 2.75) is 52.6 Å². The molecule has 0 saturated carbocycles. The maximum absolute atomic E-state index is 13.3. The average Bonchev–Trinajstić information content (AvgIpc) is 2.65. The second kappa shape index (κ2) is 9.58. The van der Waals surface area contributed by atoms with Crippen molar-refractivity contribution in [3.05, 3.63) is 41.6 Å². The predicted octanol–water partition coefficient (Wildman–Crippen LogP) is 5.78. The minimum atomic E-state index is -4.56. The molecule has 0 unspecified atom stereocenters. The maximum Gasteiger partial charge on any atom is 0.423 e. The topological polar surface area (TPSA) is 38.2 Å². The van der Waals surface area contributed by atoms with Gasteiger partial charge < -0.3 is 9.64 Å². The lowest BCUT2D eigenvalue weighted by molar-refractivity contribution is -0.139. The van der Waals surface area contributed by atoms with Crippen LogP contribution in [0.2, 0.25) is 0 Å². The van der Waals surface area contributed by atoms with E-state index in [2.05, 4.69) is 9.97 Å². The Morgan fingerprint density at radius 2 is 1.89 bits per heavy atom. The molecule has 0 radical (unpaired) electrons. The van der Waals surface area contributed by atoms with Gasteiger partial charge in [0.15, 0.2) is 0 Å². The summed E-state index contributed by atoms with van der Waals surface area (Å²) in [6.07, 6.45) is -0.345. The molecule has 0 N–H and O–H groups in total. The summed E-state index contributed by atoms with van der Waals surface area (Å²) in [5.74, 6) is -0.210. The third kappa shape index (κ3) is 5.58. The summed E-state index contributed by atoms with van der Waals surface area (Å²) in [5.41, 5.74) is 1.03. The van der Waals surface area contributed by atoms with Crippen LogP contribution in [0.4, 0.5) is 24.8 Å². The van der Waals surface area contributed by atoms with Crippen molar-refractivity contribution in [2.75, 3.05) is 18.1 Å². The van der Waals surface area contributed by atoms with Crippen LogP contribution in [0.15, 0.2) is 30.5 Å². The van der Waals surface area contributed by atoms with E-state index in [-0.39, 0.29) is 12.6 Å². The van der Waals surface area contributed by atoms with Crippen molar-refractivity contribution in [2.24, 2.45) is 0 Å². The van der Waals surface area contributed by atoms with E-state index in [1.54, 1.807) is 4.90 Å². The molecular weight excluding hydrogens is 355 g/mol. The van der Waals surface area contributed by atoms with Gasteiger partial charge in [-0.3, -0.25) is 0 Å². The number of rotatable bonds is 9. The molecule has 2 aromatic rings. The number of hydrogen-bond acceptors (Lipinski definition) is 4. The number of unbranched alkanes of at least 4 members (excludes halogenated alkanes) is 2. The van der Waals surface area contributed by atoms with Gasteiger partial charge in [0.2, 0.25) is 11.8 Å². The predicted molar refractivity (Wildman–Crippen MR) is 101 cm³/mol. The summed E-state index contributed by atoms with van der Waals surface area (Å²) in [5, 5.41) is 0. The third-order valence-corrected chi connectivity index (χ3v) is 4.22. The molecule has 7 heteroatoms. The fraction of sp³-hybridized carbons (Fsp3) is 0.500. The molecular formula is C20H26F3N3O. The maximum atomic E-state index is 13.3. The highest BCUT2D eigenvalue weighted by Crippen LogP contribution is 2.36. The first-order valence-electron chi connectivity index (χ1n) is 9.34. The van der Waals surface area contributed by atoms with Gasteiger partial charge in [0, 0.05) is 18.4 Å². The molecule has 0 fully saturated rings. The number of aromatic nitrogens is 2. The molecule has 0 spiro atoms. The Bertz CT molecular complexity index is 735. The van der Waals surface area contributed by atoms with Gasteiger partial charge in [0.1, 0.15) is 5.56 Å². The summed E-state index contributed by atoms with van der Waals surface area (Å²) >= 11 is 0. The van der Waals surface area contributed by atoms with Gasteiger partial charge >= 0.3 is 6.18 Å². The number of aryl methyl sites for hydroxylation is 1. The average molecular weight is 381 g/mol. The van der Waals surface area contributed by atoms with Gasteiger partial charge in [0.05, 0.1) is 6.61 Å². The van der Waals surface area contributed by atoms with Crippen LogP contribution in [0.1, 0.15) is 51.2 Å². The van der Waals surface area contributed by atoms with Gasteiger partial charge in [-0.05, 0) is 37.5 Å². The van der Waals surface area contributed by atoms with Crippen molar-refractivity contribution >= 4 is 11.6 Å². The van der Waals surface area contributed by atoms with Crippen molar-refractivity contribution in [3.8, 4) is 5.88 Å². The molecule has 0 aliphatic carbocycles. The van der Waals surface area contributed by atoms with Crippen LogP contribution in [0.3, 0.4) is 0 Å². The summed E-state index contributed by atoms with van der Waals surface area (Å²) in [7, 11) is 0. The molecule has 148 valence electrons. The number of benzene rings is 1. The fourth-order valence-corrected chi connectivity index (χ4v) is 2.70. The van der Waals surface area contributed by atoms with Crippen LogP contribution in [0.5, 0.6) is 5.88 Å². The van der Waals surface area contributed by atoms with Crippen LogP contribution in [-0.4, -0.2) is 23.1 Å². The van der Waals surface area contributed by atoms with Crippen molar-refractivity contribution in [1.82, 2.24) is 9.97 Å². The number of hydrogen-bond donors (Lipinski definition) is 0. The molecule has 0 atom stereocenters. The summed E-state index contributed by atoms with van der Waals surface area (Å²) < 4.78 is 45.2. The van der Waals surface area contributed by atoms with Crippen LogP contribution >= 0.6 is 0 Å². The standard InChI is InChI=1S/C20H26F3N3O/c1-4-7-8-12-27-18-17(20(21,22)23)14-24-19(25-18)26(6-3)16-11-9-10-15(5-2)13-16/h9-11,13-14H,4-8,12H2,1-3H3. The summed E-state index contributed by atoms with van der Waals surface area (Å²) in [6.45, 7) is 6.69. The molecule has 0 amide bonds. The quantitative estimate of drug-likeness (QED) is 0.516. The molecule has 1 heterocycles. The van der Waals surface area contributed by atoms with Gasteiger partial charge in [-0.2, -0.15) is 18.2 Å². The first-order chi connectivity index (χ1) is 12.9. The zero-order valence-corrected chi connectivity index (χ0v) is 16.0. The number of ether oxygens (including phenoxy) is 1. The highest BCUT2D eigenvalue weighted by molar-refractivity contribution is 5.58. The van der Waals surface area contributed by atoms with E-state index in [0.29, 0.717) is 13.0 Å². The smallest absolute Gasteiger partial charge is 0.423 e. The molecule has 2 rings (SSSR count). The Morgan fingerprint density at radius 1 is 1.11 bits per heavy atom. The number of halogens is 3. The largest absolute Gasteiger partial charge is 0.477 e. The lowest BCUT2D eigenvalue weighted by atomic mass is 10.1. The number of anilines is 2. The molecule has 0 bridgehead atoms. The zero-order chi connectivity index (χ0) is 19.9. The Balaban J connectivity index is 2.36. The second-order valence-electron chi connectivity index (χ2n) is 6.21. The molecule has 0 aliphatic rings. The highest BCUT2D eigenvalue weighted by Gasteiger charge is 2.36. The number of alkyl halides is 3. The second-order valence-corrected chi connectivity index (χ2v) is 6.21. The molecule has 0 saturated heterocycles. The first kappa shape index (κ1) is 21.0. The van der Waals surface area contributed by atoms with Crippen molar-refractivity contribution < 1.29 is 17.9 Å². The molecule has 4 nitrogen and oxygen atoms in total. The zero-order valence-electron chi connectivity index (χ0n) is 16.0. The summed E-state index contributed by atoms with van der Waals surface area (Å²) in [4.78, 5) is 9.86.